The minimum absolute atomic E-state index is 0.423. The van der Waals surface area contributed by atoms with Crippen LogP contribution < -0.4 is 16.2 Å². The Morgan fingerprint density at radius 2 is 1.44 bits per heavy atom. The monoisotopic (exact) mass is 487 g/mol. The van der Waals surface area contributed by atoms with Crippen LogP contribution in [0.1, 0.15) is 0 Å². The van der Waals surface area contributed by atoms with Gasteiger partial charge in [0.2, 0.25) is 0 Å². The van der Waals surface area contributed by atoms with Crippen molar-refractivity contribution in [3.8, 4) is 22.3 Å². The van der Waals surface area contributed by atoms with Crippen LogP contribution in [0.4, 0.5) is 5.69 Å². The Labute approximate surface area is 191 Å². The van der Waals surface area contributed by atoms with Gasteiger partial charge in [-0.2, -0.15) is 0 Å². The molecule has 5 nitrogen and oxygen atoms in total. The quantitative estimate of drug-likeness (QED) is 0.289. The number of benzene rings is 3. The van der Waals surface area contributed by atoms with E-state index in [2.05, 4.69) is 15.9 Å². The van der Waals surface area contributed by atoms with E-state index in [-0.39, 0.29) is 0 Å². The maximum absolute atomic E-state index is 12.7. The van der Waals surface area contributed by atoms with Crippen LogP contribution in [0.5, 0.6) is 0 Å². The Hall–Kier alpha value is -3.64. The third-order valence-electron chi connectivity index (χ3n) is 5.44. The first-order valence-electron chi connectivity index (χ1n) is 9.98. The summed E-state index contributed by atoms with van der Waals surface area (Å²) in [6.07, 6.45) is 0. The van der Waals surface area contributed by atoms with Crippen LogP contribution in [0.25, 0.3) is 44.2 Å². The molecule has 0 aliphatic heterocycles. The van der Waals surface area contributed by atoms with Crippen LogP contribution in [-0.4, -0.2) is 14.1 Å². The van der Waals surface area contributed by atoms with Gasteiger partial charge in [-0.1, -0.05) is 34.1 Å². The molecule has 0 fully saturated rings. The van der Waals surface area contributed by atoms with Crippen molar-refractivity contribution in [3.05, 3.63) is 98.1 Å². The second-order valence-electron chi connectivity index (χ2n) is 7.76. The Kier molecular flexibility index (Phi) is 4.94. The lowest BCUT2D eigenvalue weighted by Crippen LogP contribution is -2.08. The molecule has 5 aromatic rings. The zero-order valence-electron chi connectivity index (χ0n) is 17.4. The summed E-state index contributed by atoms with van der Waals surface area (Å²) in [6.45, 7) is 0. The van der Waals surface area contributed by atoms with Gasteiger partial charge >= 0.3 is 11.3 Å². The molecule has 5 rings (SSSR count). The summed E-state index contributed by atoms with van der Waals surface area (Å²) in [5, 5.41) is 1.56. The largest absolute Gasteiger partial charge is 0.423 e. The molecular formula is C26H18BrNO4. The molecular weight excluding hydrogens is 470 g/mol. The van der Waals surface area contributed by atoms with E-state index in [1.807, 2.05) is 67.5 Å². The Balaban J connectivity index is 1.72. The third kappa shape index (κ3) is 3.63. The fraction of sp³-hybridized carbons (Fsp3) is 0.0769. The number of fused-ring (bicyclic) bond motifs is 2. The van der Waals surface area contributed by atoms with Gasteiger partial charge < -0.3 is 13.7 Å². The summed E-state index contributed by atoms with van der Waals surface area (Å²) in [5.74, 6) is 0. The Morgan fingerprint density at radius 3 is 2.19 bits per heavy atom. The molecule has 0 saturated carbocycles. The number of nitrogens with zero attached hydrogens (tertiary/aromatic N) is 1. The molecule has 2 heterocycles. The maximum atomic E-state index is 12.7. The first-order valence-corrected chi connectivity index (χ1v) is 10.8. The van der Waals surface area contributed by atoms with E-state index < -0.39 is 11.3 Å². The van der Waals surface area contributed by atoms with Crippen LogP contribution in [0.3, 0.4) is 0 Å². The van der Waals surface area contributed by atoms with Gasteiger partial charge in [0.15, 0.2) is 0 Å². The van der Waals surface area contributed by atoms with Gasteiger partial charge in [-0.25, -0.2) is 9.59 Å². The molecule has 0 N–H and O–H groups in total. The van der Waals surface area contributed by atoms with Crippen molar-refractivity contribution in [3.63, 3.8) is 0 Å². The highest BCUT2D eigenvalue weighted by molar-refractivity contribution is 9.10. The summed E-state index contributed by atoms with van der Waals surface area (Å²) in [6, 6.07) is 22.1. The summed E-state index contributed by atoms with van der Waals surface area (Å²) < 4.78 is 11.8. The van der Waals surface area contributed by atoms with Crippen LogP contribution in [0.15, 0.2) is 95.7 Å². The van der Waals surface area contributed by atoms with E-state index in [0.717, 1.165) is 32.1 Å². The predicted molar refractivity (Wildman–Crippen MR) is 131 cm³/mol. The Bertz CT molecular complexity index is 1600. The molecule has 0 atom stereocenters. The minimum Gasteiger partial charge on any atom is -0.423 e. The van der Waals surface area contributed by atoms with E-state index in [1.54, 1.807) is 18.2 Å². The molecule has 6 heteroatoms. The van der Waals surface area contributed by atoms with Gasteiger partial charge in [0.25, 0.3) is 0 Å². The fourth-order valence-electron chi connectivity index (χ4n) is 3.80. The highest BCUT2D eigenvalue weighted by Crippen LogP contribution is 2.32. The molecule has 0 aliphatic rings. The lowest BCUT2D eigenvalue weighted by Gasteiger charge is -2.13. The molecule has 2 aromatic heterocycles. The number of hydrogen-bond donors (Lipinski definition) is 0. The molecule has 0 bridgehead atoms. The molecule has 32 heavy (non-hydrogen) atoms. The number of rotatable bonds is 3. The number of hydrogen-bond acceptors (Lipinski definition) is 5. The standard InChI is InChI=1S/C26H18BrNO4/c1-28(2)19-7-3-15(4-8-19)20-14-25(29)31-24-9-5-16(12-22(20)24)21-13-17-11-18(27)6-10-23(17)32-26(21)30/h3-14H,1-2H3. The zero-order chi connectivity index (χ0) is 22.4. The molecule has 0 aliphatic carbocycles. The van der Waals surface area contributed by atoms with Gasteiger partial charge in [0.05, 0.1) is 5.56 Å². The van der Waals surface area contributed by atoms with E-state index >= 15 is 0 Å². The van der Waals surface area contributed by atoms with Crippen molar-refractivity contribution in [1.82, 2.24) is 0 Å². The van der Waals surface area contributed by atoms with Crippen molar-refractivity contribution in [2.24, 2.45) is 0 Å². The minimum atomic E-state index is -0.424. The topological polar surface area (TPSA) is 63.7 Å². The van der Waals surface area contributed by atoms with Gasteiger partial charge in [-0.3, -0.25) is 0 Å². The lowest BCUT2D eigenvalue weighted by atomic mass is 9.98. The van der Waals surface area contributed by atoms with E-state index in [1.165, 1.54) is 6.07 Å². The summed E-state index contributed by atoms with van der Waals surface area (Å²) >= 11 is 3.46. The molecule has 0 unspecified atom stereocenters. The smallest absolute Gasteiger partial charge is 0.344 e. The number of anilines is 1. The summed E-state index contributed by atoms with van der Waals surface area (Å²) in [5.41, 5.74) is 3.96. The number of halogens is 1. The van der Waals surface area contributed by atoms with Gasteiger partial charge in [-0.05, 0) is 65.2 Å². The fourth-order valence-corrected chi connectivity index (χ4v) is 4.18. The highest BCUT2D eigenvalue weighted by atomic mass is 79.9. The van der Waals surface area contributed by atoms with E-state index in [9.17, 15) is 9.59 Å². The molecule has 0 amide bonds. The van der Waals surface area contributed by atoms with E-state index in [0.29, 0.717) is 22.3 Å². The van der Waals surface area contributed by atoms with Crippen molar-refractivity contribution < 1.29 is 8.83 Å². The van der Waals surface area contributed by atoms with Crippen LogP contribution in [0.2, 0.25) is 0 Å². The second kappa shape index (κ2) is 7.80. The van der Waals surface area contributed by atoms with Crippen LogP contribution >= 0.6 is 15.9 Å². The first kappa shape index (κ1) is 20.3. The molecule has 0 radical (unpaired) electrons. The Morgan fingerprint density at radius 1 is 0.719 bits per heavy atom. The summed E-state index contributed by atoms with van der Waals surface area (Å²) in [7, 11) is 3.95. The second-order valence-corrected chi connectivity index (χ2v) is 8.68. The SMILES string of the molecule is CN(C)c1ccc(-c2cc(=O)oc3ccc(-c4cc5cc(Br)ccc5oc4=O)cc23)cc1. The lowest BCUT2D eigenvalue weighted by molar-refractivity contribution is 0.561. The van der Waals surface area contributed by atoms with Crippen molar-refractivity contribution in [1.29, 1.82) is 0 Å². The zero-order valence-corrected chi connectivity index (χ0v) is 19.0. The third-order valence-corrected chi connectivity index (χ3v) is 5.94. The maximum Gasteiger partial charge on any atom is 0.344 e. The predicted octanol–water partition coefficient (Wildman–Crippen LogP) is 6.06. The molecule has 158 valence electrons. The van der Waals surface area contributed by atoms with E-state index in [4.69, 9.17) is 8.83 Å². The molecule has 0 spiro atoms. The molecule has 3 aromatic carbocycles. The molecule has 0 saturated heterocycles. The van der Waals surface area contributed by atoms with Crippen LogP contribution in [-0.2, 0) is 0 Å². The summed E-state index contributed by atoms with van der Waals surface area (Å²) in [4.78, 5) is 26.9. The highest BCUT2D eigenvalue weighted by Gasteiger charge is 2.13. The van der Waals surface area contributed by atoms with Crippen molar-refractivity contribution in [2.75, 3.05) is 19.0 Å². The van der Waals surface area contributed by atoms with Crippen molar-refractivity contribution >= 4 is 43.6 Å². The average molecular weight is 488 g/mol. The van der Waals surface area contributed by atoms with Crippen molar-refractivity contribution in [2.45, 2.75) is 0 Å². The van der Waals surface area contributed by atoms with Gasteiger partial charge in [0, 0.05) is 41.1 Å². The van der Waals surface area contributed by atoms with Crippen LogP contribution in [0, 0.1) is 0 Å². The first-order chi connectivity index (χ1) is 15.4. The normalized spacial score (nSPS) is 11.2. The van der Waals surface area contributed by atoms with Gasteiger partial charge in [0.1, 0.15) is 11.2 Å². The van der Waals surface area contributed by atoms with Gasteiger partial charge in [-0.15, -0.1) is 0 Å². The average Bonchev–Trinajstić information content (AvgIpc) is 2.78.